The van der Waals surface area contributed by atoms with Crippen molar-refractivity contribution in [3.8, 4) is 5.75 Å². The van der Waals surface area contributed by atoms with Crippen molar-refractivity contribution in [2.45, 2.75) is 31.7 Å². The first-order valence-corrected chi connectivity index (χ1v) is 8.00. The first-order chi connectivity index (χ1) is 10.7. The fraction of sp³-hybridized carbons (Fsp3) is 0.562. The van der Waals surface area contributed by atoms with E-state index in [9.17, 15) is 4.39 Å². The van der Waals surface area contributed by atoms with Crippen LogP contribution in [0.25, 0.3) is 10.9 Å². The molecule has 5 nitrogen and oxygen atoms in total. The maximum Gasteiger partial charge on any atom is 0.156 e. The molecule has 6 heteroatoms. The molecule has 0 unspecified atom stereocenters. The molecule has 0 radical (unpaired) electrons. The van der Waals surface area contributed by atoms with Crippen molar-refractivity contribution in [3.63, 3.8) is 0 Å². The smallest absolute Gasteiger partial charge is 0.156 e. The summed E-state index contributed by atoms with van der Waals surface area (Å²) in [6.07, 6.45) is 5.22. The third kappa shape index (κ3) is 2.41. The zero-order valence-electron chi connectivity index (χ0n) is 12.5. The van der Waals surface area contributed by atoms with E-state index in [0.717, 1.165) is 19.0 Å². The number of nitrogen functional groups attached to an aromatic ring is 1. The predicted octanol–water partition coefficient (Wildman–Crippen LogP) is 2.54. The molecule has 2 heterocycles. The van der Waals surface area contributed by atoms with Gasteiger partial charge in [0.1, 0.15) is 11.6 Å². The molecule has 1 saturated heterocycles. The zero-order valence-corrected chi connectivity index (χ0v) is 12.5. The van der Waals surface area contributed by atoms with Gasteiger partial charge < -0.3 is 10.5 Å². The number of H-pyrrole nitrogens is 1. The Balaban J connectivity index is 1.39. The maximum atomic E-state index is 14.0. The number of hydrogen-bond acceptors (Lipinski definition) is 4. The van der Waals surface area contributed by atoms with Crippen LogP contribution < -0.4 is 10.5 Å². The van der Waals surface area contributed by atoms with E-state index in [1.807, 2.05) is 0 Å². The van der Waals surface area contributed by atoms with Crippen LogP contribution in [0.4, 0.5) is 10.2 Å². The van der Waals surface area contributed by atoms with Gasteiger partial charge in [-0.25, -0.2) is 4.39 Å². The summed E-state index contributed by atoms with van der Waals surface area (Å²) >= 11 is 0. The number of ether oxygens (including phenoxy) is 1. The van der Waals surface area contributed by atoms with E-state index in [-0.39, 0.29) is 11.6 Å². The molecule has 0 bridgehead atoms. The summed E-state index contributed by atoms with van der Waals surface area (Å²) in [5.74, 6) is 0.870. The van der Waals surface area contributed by atoms with Crippen molar-refractivity contribution in [2.24, 2.45) is 5.92 Å². The molecule has 22 heavy (non-hydrogen) atoms. The highest BCUT2D eigenvalue weighted by Gasteiger charge is 2.31. The van der Waals surface area contributed by atoms with E-state index in [1.54, 1.807) is 6.07 Å². The normalized spacial score (nSPS) is 23.0. The third-order valence-electron chi connectivity index (χ3n) is 5.01. The Labute approximate surface area is 128 Å². The van der Waals surface area contributed by atoms with Gasteiger partial charge in [0.2, 0.25) is 0 Å². The lowest BCUT2D eigenvalue weighted by atomic mass is 9.92. The minimum Gasteiger partial charge on any atom is -0.493 e. The van der Waals surface area contributed by atoms with Crippen LogP contribution in [0.15, 0.2) is 12.1 Å². The second-order valence-corrected chi connectivity index (χ2v) is 6.48. The monoisotopic (exact) mass is 304 g/mol. The highest BCUT2D eigenvalue weighted by atomic mass is 19.1. The lowest BCUT2D eigenvalue weighted by Crippen LogP contribution is -2.38. The SMILES string of the molecule is Nc1n[nH]c2cc(OC[C@@H]3CCN(C4CCC4)C3)cc(F)c12. The van der Waals surface area contributed by atoms with Crippen LogP contribution in [0, 0.1) is 11.7 Å². The third-order valence-corrected chi connectivity index (χ3v) is 5.01. The van der Waals surface area contributed by atoms with Crippen molar-refractivity contribution in [3.05, 3.63) is 17.9 Å². The number of hydrogen-bond donors (Lipinski definition) is 2. The molecule has 2 fully saturated rings. The fourth-order valence-electron chi connectivity index (χ4n) is 3.49. The molecule has 0 spiro atoms. The standard InChI is InChI=1S/C16H21FN4O/c17-13-6-12(7-14-15(13)16(18)20-19-14)22-9-10-4-5-21(8-10)11-2-1-3-11/h6-7,10-11H,1-5,8-9H2,(H3,18,19,20)/t10-/m1/s1. The summed E-state index contributed by atoms with van der Waals surface area (Å²) in [5, 5.41) is 6.90. The van der Waals surface area contributed by atoms with Gasteiger partial charge in [0.25, 0.3) is 0 Å². The Morgan fingerprint density at radius 2 is 2.23 bits per heavy atom. The number of nitrogens with two attached hydrogens (primary N) is 1. The Kier molecular flexibility index (Phi) is 3.41. The topological polar surface area (TPSA) is 67.2 Å². The molecule has 1 aromatic carbocycles. The Hall–Kier alpha value is -1.82. The average Bonchev–Trinajstić information content (AvgIpc) is 3.02. The number of nitrogens with one attached hydrogen (secondary N) is 1. The van der Waals surface area contributed by atoms with E-state index < -0.39 is 0 Å². The van der Waals surface area contributed by atoms with Gasteiger partial charge in [0.15, 0.2) is 5.82 Å². The summed E-state index contributed by atoms with van der Waals surface area (Å²) in [6.45, 7) is 2.91. The van der Waals surface area contributed by atoms with Gasteiger partial charge in [0, 0.05) is 30.6 Å². The molecule has 118 valence electrons. The van der Waals surface area contributed by atoms with Gasteiger partial charge in [-0.2, -0.15) is 5.10 Å². The van der Waals surface area contributed by atoms with Gasteiger partial charge >= 0.3 is 0 Å². The molecular weight excluding hydrogens is 283 g/mol. The Morgan fingerprint density at radius 3 is 3.00 bits per heavy atom. The fourth-order valence-corrected chi connectivity index (χ4v) is 3.49. The van der Waals surface area contributed by atoms with E-state index >= 15 is 0 Å². The minimum atomic E-state index is -0.388. The van der Waals surface area contributed by atoms with E-state index in [0.29, 0.717) is 29.2 Å². The van der Waals surface area contributed by atoms with Crippen LogP contribution in [0.3, 0.4) is 0 Å². The number of aromatic amines is 1. The van der Waals surface area contributed by atoms with Crippen LogP contribution in [0.5, 0.6) is 5.75 Å². The van der Waals surface area contributed by atoms with Crippen LogP contribution in [0.1, 0.15) is 25.7 Å². The second-order valence-electron chi connectivity index (χ2n) is 6.48. The molecule has 4 rings (SSSR count). The molecule has 1 aliphatic heterocycles. The molecule has 1 saturated carbocycles. The first-order valence-electron chi connectivity index (χ1n) is 8.00. The number of nitrogens with zero attached hydrogens (tertiary/aromatic N) is 2. The molecule has 3 N–H and O–H groups in total. The predicted molar refractivity (Wildman–Crippen MR) is 83.3 cm³/mol. The van der Waals surface area contributed by atoms with Gasteiger partial charge in [-0.15, -0.1) is 0 Å². The van der Waals surface area contributed by atoms with Gasteiger partial charge in [-0.05, 0) is 25.8 Å². The molecule has 2 aromatic rings. The van der Waals surface area contributed by atoms with Crippen molar-refractivity contribution in [1.82, 2.24) is 15.1 Å². The molecular formula is C16H21FN4O. The molecule has 2 aliphatic rings. The summed E-state index contributed by atoms with van der Waals surface area (Å²) in [4.78, 5) is 2.58. The summed E-state index contributed by atoms with van der Waals surface area (Å²) in [6, 6.07) is 3.96. The number of halogens is 1. The van der Waals surface area contributed by atoms with E-state index in [1.165, 1.54) is 31.9 Å². The first kappa shape index (κ1) is 13.8. The number of fused-ring (bicyclic) bond motifs is 1. The van der Waals surface area contributed by atoms with Crippen LogP contribution in [-0.4, -0.2) is 40.8 Å². The highest BCUT2D eigenvalue weighted by molar-refractivity contribution is 5.90. The molecule has 1 aromatic heterocycles. The van der Waals surface area contributed by atoms with Crippen LogP contribution in [-0.2, 0) is 0 Å². The van der Waals surface area contributed by atoms with E-state index in [2.05, 4.69) is 15.1 Å². The number of anilines is 1. The number of rotatable bonds is 4. The number of likely N-dealkylation sites (tertiary alicyclic amines) is 1. The van der Waals surface area contributed by atoms with Crippen LogP contribution in [0.2, 0.25) is 0 Å². The Morgan fingerprint density at radius 1 is 1.36 bits per heavy atom. The number of benzene rings is 1. The average molecular weight is 304 g/mol. The van der Waals surface area contributed by atoms with Crippen LogP contribution >= 0.6 is 0 Å². The second kappa shape index (κ2) is 5.43. The van der Waals surface area contributed by atoms with Gasteiger partial charge in [-0.3, -0.25) is 10.00 Å². The summed E-state index contributed by atoms with van der Waals surface area (Å²) in [7, 11) is 0. The molecule has 1 aliphatic carbocycles. The number of aromatic nitrogens is 2. The Bertz CT molecular complexity index is 682. The quantitative estimate of drug-likeness (QED) is 0.911. The molecule has 1 atom stereocenters. The van der Waals surface area contributed by atoms with Crippen molar-refractivity contribution in [1.29, 1.82) is 0 Å². The molecule has 0 amide bonds. The largest absolute Gasteiger partial charge is 0.493 e. The van der Waals surface area contributed by atoms with Gasteiger partial charge in [0.05, 0.1) is 17.5 Å². The summed E-state index contributed by atoms with van der Waals surface area (Å²) in [5.41, 5.74) is 6.21. The maximum absolute atomic E-state index is 14.0. The van der Waals surface area contributed by atoms with Crippen molar-refractivity contribution in [2.75, 3.05) is 25.4 Å². The lowest BCUT2D eigenvalue weighted by molar-refractivity contribution is 0.146. The summed E-state index contributed by atoms with van der Waals surface area (Å²) < 4.78 is 19.8. The van der Waals surface area contributed by atoms with Crippen molar-refractivity contribution < 1.29 is 9.13 Å². The zero-order chi connectivity index (χ0) is 15.1. The lowest BCUT2D eigenvalue weighted by Gasteiger charge is -2.34. The minimum absolute atomic E-state index is 0.186. The van der Waals surface area contributed by atoms with E-state index in [4.69, 9.17) is 10.5 Å². The van der Waals surface area contributed by atoms with Gasteiger partial charge in [-0.1, -0.05) is 6.42 Å². The van der Waals surface area contributed by atoms with Crippen molar-refractivity contribution >= 4 is 16.7 Å². The highest BCUT2D eigenvalue weighted by Crippen LogP contribution is 2.31.